The van der Waals surface area contributed by atoms with E-state index in [-0.39, 0.29) is 0 Å². The number of thioether (sulfide) groups is 1. The molecular weight excluding hydrogens is 208 g/mol. The fourth-order valence-corrected chi connectivity index (χ4v) is 1.90. The van der Waals surface area contributed by atoms with Gasteiger partial charge in [-0.2, -0.15) is 0 Å². The zero-order chi connectivity index (χ0) is 10.0. The highest BCUT2D eigenvalue weighted by Crippen LogP contribution is 2.28. The number of aromatic carboxylic acids is 1. The van der Waals surface area contributed by atoms with E-state index in [0.717, 1.165) is 4.90 Å². The van der Waals surface area contributed by atoms with Crippen molar-refractivity contribution in [3.63, 3.8) is 0 Å². The van der Waals surface area contributed by atoms with Gasteiger partial charge in [-0.3, -0.25) is 0 Å². The molecule has 0 heterocycles. The van der Waals surface area contributed by atoms with Crippen LogP contribution in [0.4, 0.5) is 0 Å². The van der Waals surface area contributed by atoms with E-state index in [1.165, 1.54) is 11.8 Å². The first kappa shape index (κ1) is 10.4. The number of halogens is 1. The van der Waals surface area contributed by atoms with E-state index in [0.29, 0.717) is 16.1 Å². The topological polar surface area (TPSA) is 37.3 Å². The van der Waals surface area contributed by atoms with Gasteiger partial charge in [-0.25, -0.2) is 4.79 Å². The Kier molecular flexibility index (Phi) is 3.22. The molecule has 0 aliphatic heterocycles. The molecule has 1 aromatic carbocycles. The lowest BCUT2D eigenvalue weighted by Crippen LogP contribution is -2.02. The van der Waals surface area contributed by atoms with Crippen molar-refractivity contribution in [1.82, 2.24) is 0 Å². The molecule has 13 heavy (non-hydrogen) atoms. The Balaban J connectivity index is 3.41. The van der Waals surface area contributed by atoms with Crippen LogP contribution in [0.25, 0.3) is 0 Å². The van der Waals surface area contributed by atoms with E-state index in [1.54, 1.807) is 19.1 Å². The summed E-state index contributed by atoms with van der Waals surface area (Å²) >= 11 is 7.22. The first-order valence-corrected chi connectivity index (χ1v) is 5.24. The molecule has 1 aromatic rings. The summed E-state index contributed by atoms with van der Waals surface area (Å²) in [5, 5.41) is 9.43. The van der Waals surface area contributed by atoms with Crippen molar-refractivity contribution in [2.75, 3.05) is 6.26 Å². The van der Waals surface area contributed by atoms with E-state index < -0.39 is 5.97 Å². The number of carboxylic acids is 1. The van der Waals surface area contributed by atoms with Gasteiger partial charge in [0.05, 0.1) is 5.56 Å². The van der Waals surface area contributed by atoms with Crippen LogP contribution < -0.4 is 0 Å². The highest BCUT2D eigenvalue weighted by molar-refractivity contribution is 7.98. The van der Waals surface area contributed by atoms with Crippen molar-refractivity contribution in [3.8, 4) is 0 Å². The largest absolute Gasteiger partial charge is 0.478 e. The lowest BCUT2D eigenvalue weighted by molar-refractivity contribution is 0.0692. The first-order valence-electron chi connectivity index (χ1n) is 3.64. The van der Waals surface area contributed by atoms with Crippen molar-refractivity contribution in [3.05, 3.63) is 28.3 Å². The van der Waals surface area contributed by atoms with Crippen LogP contribution in [0.15, 0.2) is 17.0 Å². The van der Waals surface area contributed by atoms with Gasteiger partial charge in [-0.1, -0.05) is 11.6 Å². The van der Waals surface area contributed by atoms with Gasteiger partial charge in [0, 0.05) is 9.92 Å². The summed E-state index contributed by atoms with van der Waals surface area (Å²) in [4.78, 5) is 11.6. The Hall–Kier alpha value is -0.670. The lowest BCUT2D eigenvalue weighted by Gasteiger charge is -2.07. The number of hydrogen-bond acceptors (Lipinski definition) is 2. The maximum Gasteiger partial charge on any atom is 0.337 e. The molecule has 0 fully saturated rings. The number of carbonyl (C=O) groups is 1. The predicted octanol–water partition coefficient (Wildman–Crippen LogP) is 3.07. The third kappa shape index (κ3) is 1.98. The SMILES string of the molecule is CSc1ccc(Cl)c(C)c1C(=O)O. The number of rotatable bonds is 2. The Bertz CT molecular complexity index is 350. The van der Waals surface area contributed by atoms with Crippen molar-refractivity contribution in [2.24, 2.45) is 0 Å². The summed E-state index contributed by atoms with van der Waals surface area (Å²) < 4.78 is 0. The van der Waals surface area contributed by atoms with E-state index in [2.05, 4.69) is 0 Å². The maximum absolute atomic E-state index is 10.9. The molecule has 0 amide bonds. The molecule has 0 saturated heterocycles. The monoisotopic (exact) mass is 216 g/mol. The second-order valence-electron chi connectivity index (χ2n) is 2.55. The van der Waals surface area contributed by atoms with E-state index in [1.807, 2.05) is 6.26 Å². The standard InChI is InChI=1S/C9H9ClO2S/c1-5-6(10)3-4-7(13-2)8(5)9(11)12/h3-4H,1-2H3,(H,11,12). The van der Waals surface area contributed by atoms with E-state index in [9.17, 15) is 4.79 Å². The molecule has 0 aromatic heterocycles. The highest BCUT2D eigenvalue weighted by Gasteiger charge is 2.14. The van der Waals surface area contributed by atoms with Crippen molar-refractivity contribution in [2.45, 2.75) is 11.8 Å². The van der Waals surface area contributed by atoms with Crippen LogP contribution in [0.3, 0.4) is 0 Å². The molecule has 0 bridgehead atoms. The zero-order valence-electron chi connectivity index (χ0n) is 7.30. The van der Waals surface area contributed by atoms with Crippen LogP contribution in [0.1, 0.15) is 15.9 Å². The van der Waals surface area contributed by atoms with Gasteiger partial charge in [0.15, 0.2) is 0 Å². The fourth-order valence-electron chi connectivity index (χ4n) is 1.10. The summed E-state index contributed by atoms with van der Waals surface area (Å²) in [6.07, 6.45) is 1.84. The molecule has 1 N–H and O–H groups in total. The molecule has 0 saturated carbocycles. The van der Waals surface area contributed by atoms with Crippen LogP contribution in [0.2, 0.25) is 5.02 Å². The number of carboxylic acid groups (broad SMARTS) is 1. The second kappa shape index (κ2) is 4.03. The first-order chi connectivity index (χ1) is 6.07. The lowest BCUT2D eigenvalue weighted by atomic mass is 10.1. The minimum absolute atomic E-state index is 0.306. The highest BCUT2D eigenvalue weighted by atomic mass is 35.5. The summed E-state index contributed by atoms with van der Waals surface area (Å²) in [7, 11) is 0. The number of hydrogen-bond donors (Lipinski definition) is 1. The third-order valence-electron chi connectivity index (χ3n) is 1.79. The van der Waals surface area contributed by atoms with E-state index in [4.69, 9.17) is 16.7 Å². The smallest absolute Gasteiger partial charge is 0.337 e. The zero-order valence-corrected chi connectivity index (χ0v) is 8.87. The van der Waals surface area contributed by atoms with Gasteiger partial charge < -0.3 is 5.11 Å². The van der Waals surface area contributed by atoms with Gasteiger partial charge in [-0.15, -0.1) is 11.8 Å². The Morgan fingerprint density at radius 1 is 1.54 bits per heavy atom. The van der Waals surface area contributed by atoms with Crippen molar-refractivity contribution in [1.29, 1.82) is 0 Å². The van der Waals surface area contributed by atoms with Crippen LogP contribution in [0.5, 0.6) is 0 Å². The molecule has 4 heteroatoms. The van der Waals surface area contributed by atoms with Gasteiger partial charge in [0.25, 0.3) is 0 Å². The second-order valence-corrected chi connectivity index (χ2v) is 3.81. The van der Waals surface area contributed by atoms with Crippen LogP contribution in [-0.2, 0) is 0 Å². The molecule has 0 radical (unpaired) electrons. The van der Waals surface area contributed by atoms with Gasteiger partial charge in [0.1, 0.15) is 0 Å². The molecule has 1 rings (SSSR count). The average molecular weight is 217 g/mol. The van der Waals surface area contributed by atoms with Gasteiger partial charge in [-0.05, 0) is 30.9 Å². The molecule has 2 nitrogen and oxygen atoms in total. The van der Waals surface area contributed by atoms with Gasteiger partial charge >= 0.3 is 5.97 Å². The van der Waals surface area contributed by atoms with Crippen LogP contribution in [0, 0.1) is 6.92 Å². The quantitative estimate of drug-likeness (QED) is 0.772. The van der Waals surface area contributed by atoms with Crippen LogP contribution >= 0.6 is 23.4 Å². The van der Waals surface area contributed by atoms with Crippen molar-refractivity contribution < 1.29 is 9.90 Å². The Morgan fingerprint density at radius 3 is 2.62 bits per heavy atom. The molecule has 0 spiro atoms. The maximum atomic E-state index is 10.9. The number of benzene rings is 1. The molecular formula is C9H9ClO2S. The third-order valence-corrected chi connectivity index (χ3v) is 2.98. The molecule has 70 valence electrons. The van der Waals surface area contributed by atoms with Crippen LogP contribution in [-0.4, -0.2) is 17.3 Å². The Morgan fingerprint density at radius 2 is 2.15 bits per heavy atom. The molecule has 0 atom stereocenters. The molecule has 0 unspecified atom stereocenters. The predicted molar refractivity (Wildman–Crippen MR) is 54.9 cm³/mol. The molecule has 0 aliphatic rings. The summed E-state index contributed by atoms with van der Waals surface area (Å²) in [6.45, 7) is 1.71. The summed E-state index contributed by atoms with van der Waals surface area (Å²) in [6, 6.07) is 3.44. The minimum Gasteiger partial charge on any atom is -0.478 e. The minimum atomic E-state index is -0.927. The van der Waals surface area contributed by atoms with E-state index >= 15 is 0 Å². The average Bonchev–Trinajstić information content (AvgIpc) is 2.08. The molecule has 0 aliphatic carbocycles. The van der Waals surface area contributed by atoms with Crippen molar-refractivity contribution >= 4 is 29.3 Å². The van der Waals surface area contributed by atoms with Gasteiger partial charge in [0.2, 0.25) is 0 Å². The normalized spacial score (nSPS) is 10.1. The summed E-state index contributed by atoms with van der Waals surface area (Å²) in [5.41, 5.74) is 0.931. The summed E-state index contributed by atoms with van der Waals surface area (Å²) in [5.74, 6) is -0.927. The Labute approximate surface area is 85.9 Å². The fraction of sp³-hybridized carbons (Fsp3) is 0.222.